The monoisotopic (exact) mass is 315 g/mol. The average molecular weight is 316 g/mol. The summed E-state index contributed by atoms with van der Waals surface area (Å²) in [5.74, 6) is -0.0511. The van der Waals surface area contributed by atoms with E-state index >= 15 is 0 Å². The Morgan fingerprint density at radius 1 is 1.10 bits per heavy atom. The van der Waals surface area contributed by atoms with E-state index in [9.17, 15) is 13.2 Å². The molecule has 0 saturated heterocycles. The predicted octanol–water partition coefficient (Wildman–Crippen LogP) is 4.64. The van der Waals surface area contributed by atoms with Crippen LogP contribution in [-0.2, 0) is 6.18 Å². The Hall–Kier alpha value is -1.82. The zero-order chi connectivity index (χ0) is 15.6. The van der Waals surface area contributed by atoms with Crippen molar-refractivity contribution in [1.29, 1.82) is 0 Å². The summed E-state index contributed by atoms with van der Waals surface area (Å²) in [4.78, 5) is 7.64. The summed E-state index contributed by atoms with van der Waals surface area (Å²) in [6.07, 6.45) is -4.53. The van der Waals surface area contributed by atoms with Crippen molar-refractivity contribution in [3.05, 3.63) is 41.0 Å². The summed E-state index contributed by atoms with van der Waals surface area (Å²) in [5.41, 5.74) is -0.248. The molecule has 0 amide bonds. The molecule has 0 unspecified atom stereocenters. The van der Waals surface area contributed by atoms with Gasteiger partial charge in [0.1, 0.15) is 0 Å². The molecule has 0 radical (unpaired) electrons. The molecule has 21 heavy (non-hydrogen) atoms. The van der Waals surface area contributed by atoms with Crippen molar-refractivity contribution in [3.63, 3.8) is 0 Å². The van der Waals surface area contributed by atoms with E-state index in [0.29, 0.717) is 10.6 Å². The van der Waals surface area contributed by atoms with Crippen LogP contribution >= 0.6 is 11.6 Å². The molecule has 112 valence electrons. The minimum atomic E-state index is -4.53. The van der Waals surface area contributed by atoms with Gasteiger partial charge in [-0.1, -0.05) is 23.7 Å². The van der Waals surface area contributed by atoms with Crippen molar-refractivity contribution in [1.82, 2.24) is 9.97 Å². The molecule has 3 nitrogen and oxygen atoms in total. The number of halogens is 4. The second-order valence-corrected chi connectivity index (χ2v) is 5.20. The van der Waals surface area contributed by atoms with Crippen molar-refractivity contribution in [3.8, 4) is 11.3 Å². The number of hydrogen-bond donors (Lipinski definition) is 1. The van der Waals surface area contributed by atoms with Crippen LogP contribution in [0.4, 0.5) is 19.1 Å². The highest BCUT2D eigenvalue weighted by Gasteiger charge is 2.33. The second kappa shape index (κ2) is 5.89. The lowest BCUT2D eigenvalue weighted by Gasteiger charge is -2.13. The van der Waals surface area contributed by atoms with Crippen LogP contribution in [0.25, 0.3) is 11.3 Å². The SMILES string of the molecule is CC(C)Nc1nc(-c2ccc(Cl)cc2)cc(C(F)(F)F)n1. The first-order chi connectivity index (χ1) is 9.75. The van der Waals surface area contributed by atoms with Gasteiger partial charge in [-0.3, -0.25) is 0 Å². The van der Waals surface area contributed by atoms with Gasteiger partial charge in [-0.25, -0.2) is 9.97 Å². The van der Waals surface area contributed by atoms with Gasteiger partial charge >= 0.3 is 6.18 Å². The summed E-state index contributed by atoms with van der Waals surface area (Å²) in [6, 6.07) is 7.28. The fourth-order valence-corrected chi connectivity index (χ4v) is 1.81. The van der Waals surface area contributed by atoms with Gasteiger partial charge in [-0.05, 0) is 32.0 Å². The fraction of sp³-hybridized carbons (Fsp3) is 0.286. The Kier molecular flexibility index (Phi) is 4.37. The first kappa shape index (κ1) is 15.6. The molecule has 0 aliphatic rings. The van der Waals surface area contributed by atoms with E-state index in [0.717, 1.165) is 6.07 Å². The van der Waals surface area contributed by atoms with Crippen LogP contribution in [0.5, 0.6) is 0 Å². The Morgan fingerprint density at radius 3 is 2.24 bits per heavy atom. The molecule has 0 spiro atoms. The average Bonchev–Trinajstić information content (AvgIpc) is 2.37. The first-order valence-corrected chi connectivity index (χ1v) is 6.62. The number of aromatic nitrogens is 2. The summed E-state index contributed by atoms with van der Waals surface area (Å²) in [7, 11) is 0. The molecule has 0 fully saturated rings. The van der Waals surface area contributed by atoms with E-state index in [1.807, 2.05) is 0 Å². The number of hydrogen-bond acceptors (Lipinski definition) is 3. The van der Waals surface area contributed by atoms with Gasteiger partial charge in [0, 0.05) is 16.6 Å². The van der Waals surface area contributed by atoms with Gasteiger partial charge in [-0.15, -0.1) is 0 Å². The largest absolute Gasteiger partial charge is 0.433 e. The quantitative estimate of drug-likeness (QED) is 0.897. The van der Waals surface area contributed by atoms with E-state index in [2.05, 4.69) is 15.3 Å². The third-order valence-corrected chi connectivity index (χ3v) is 2.83. The maximum atomic E-state index is 12.9. The molecule has 1 aromatic heterocycles. The number of nitrogens with one attached hydrogen (secondary N) is 1. The van der Waals surface area contributed by atoms with E-state index in [1.54, 1.807) is 38.1 Å². The third kappa shape index (κ3) is 4.07. The zero-order valence-corrected chi connectivity index (χ0v) is 12.1. The number of anilines is 1. The summed E-state index contributed by atoms with van der Waals surface area (Å²) in [6.45, 7) is 3.59. The van der Waals surface area contributed by atoms with E-state index in [1.165, 1.54) is 0 Å². The highest BCUT2D eigenvalue weighted by atomic mass is 35.5. The lowest BCUT2D eigenvalue weighted by Crippen LogP contribution is -2.16. The van der Waals surface area contributed by atoms with Crippen LogP contribution in [0.3, 0.4) is 0 Å². The summed E-state index contributed by atoms with van der Waals surface area (Å²) >= 11 is 5.78. The van der Waals surface area contributed by atoms with Gasteiger partial charge in [0.05, 0.1) is 5.69 Å². The molecule has 7 heteroatoms. The maximum absolute atomic E-state index is 12.9. The minimum Gasteiger partial charge on any atom is -0.352 e. The Bertz CT molecular complexity index is 624. The molecule has 2 rings (SSSR count). The summed E-state index contributed by atoms with van der Waals surface area (Å²) in [5, 5.41) is 3.29. The van der Waals surface area contributed by atoms with Crippen molar-refractivity contribution in [2.75, 3.05) is 5.32 Å². The normalized spacial score (nSPS) is 11.8. The molecular formula is C14H13ClF3N3. The van der Waals surface area contributed by atoms with Crippen molar-refractivity contribution in [2.45, 2.75) is 26.1 Å². The molecule has 2 aromatic rings. The van der Waals surface area contributed by atoms with Crippen LogP contribution in [-0.4, -0.2) is 16.0 Å². The second-order valence-electron chi connectivity index (χ2n) is 4.77. The fourth-order valence-electron chi connectivity index (χ4n) is 1.68. The Morgan fingerprint density at radius 2 is 1.71 bits per heavy atom. The number of benzene rings is 1. The topological polar surface area (TPSA) is 37.8 Å². The third-order valence-electron chi connectivity index (χ3n) is 2.57. The van der Waals surface area contributed by atoms with Crippen LogP contribution in [0.1, 0.15) is 19.5 Å². The maximum Gasteiger partial charge on any atom is 0.433 e. The molecule has 0 saturated carbocycles. The molecule has 1 N–H and O–H groups in total. The highest BCUT2D eigenvalue weighted by Crippen LogP contribution is 2.31. The molecule has 0 atom stereocenters. The smallest absolute Gasteiger partial charge is 0.352 e. The van der Waals surface area contributed by atoms with Gasteiger partial charge in [0.25, 0.3) is 0 Å². The van der Waals surface area contributed by atoms with Crippen LogP contribution in [0, 0.1) is 0 Å². The van der Waals surface area contributed by atoms with Crippen LogP contribution < -0.4 is 5.32 Å². The summed E-state index contributed by atoms with van der Waals surface area (Å²) < 4.78 is 38.8. The number of rotatable bonds is 3. The lowest BCUT2D eigenvalue weighted by atomic mass is 10.1. The Labute approximate surface area is 125 Å². The molecule has 0 aliphatic carbocycles. The first-order valence-electron chi connectivity index (χ1n) is 6.24. The van der Waals surface area contributed by atoms with Crippen LogP contribution in [0.15, 0.2) is 30.3 Å². The lowest BCUT2D eigenvalue weighted by molar-refractivity contribution is -0.141. The number of nitrogens with zero attached hydrogens (tertiary/aromatic N) is 2. The van der Waals surface area contributed by atoms with Crippen LogP contribution in [0.2, 0.25) is 5.02 Å². The molecule has 1 aromatic carbocycles. The van der Waals surface area contributed by atoms with Gasteiger partial charge < -0.3 is 5.32 Å². The standard InChI is InChI=1S/C14H13ClF3N3/c1-8(2)19-13-20-11(7-12(21-13)14(16,17)18)9-3-5-10(15)6-4-9/h3-8H,1-2H3,(H,19,20,21). The zero-order valence-electron chi connectivity index (χ0n) is 11.4. The van der Waals surface area contributed by atoms with Gasteiger partial charge in [-0.2, -0.15) is 13.2 Å². The molecule has 0 aliphatic heterocycles. The minimum absolute atomic E-state index is 0.0511. The predicted molar refractivity (Wildman–Crippen MR) is 76.2 cm³/mol. The number of alkyl halides is 3. The highest BCUT2D eigenvalue weighted by molar-refractivity contribution is 6.30. The molecular weight excluding hydrogens is 303 g/mol. The van der Waals surface area contributed by atoms with Crippen molar-refractivity contribution >= 4 is 17.5 Å². The van der Waals surface area contributed by atoms with Crippen molar-refractivity contribution < 1.29 is 13.2 Å². The Balaban J connectivity index is 2.51. The van der Waals surface area contributed by atoms with Gasteiger partial charge in [0.2, 0.25) is 5.95 Å². The molecule has 0 bridgehead atoms. The van der Waals surface area contributed by atoms with Crippen molar-refractivity contribution in [2.24, 2.45) is 0 Å². The van der Waals surface area contributed by atoms with E-state index in [-0.39, 0.29) is 17.7 Å². The molecule has 1 heterocycles. The van der Waals surface area contributed by atoms with Gasteiger partial charge in [0.15, 0.2) is 5.69 Å². The van der Waals surface area contributed by atoms with E-state index in [4.69, 9.17) is 11.6 Å². The van der Waals surface area contributed by atoms with E-state index < -0.39 is 11.9 Å².